The van der Waals surface area contributed by atoms with Crippen molar-refractivity contribution in [3.8, 4) is 0 Å². The summed E-state index contributed by atoms with van der Waals surface area (Å²) in [5.41, 5.74) is 1.22. The van der Waals surface area contributed by atoms with Crippen molar-refractivity contribution in [2.75, 3.05) is 12.4 Å². The predicted octanol–water partition coefficient (Wildman–Crippen LogP) is 3.34. The number of anilines is 1. The van der Waals surface area contributed by atoms with E-state index in [1.165, 1.54) is 7.11 Å². The van der Waals surface area contributed by atoms with E-state index in [-0.39, 0.29) is 12.0 Å². The van der Waals surface area contributed by atoms with E-state index in [2.05, 4.69) is 12.2 Å². The van der Waals surface area contributed by atoms with Gasteiger partial charge in [-0.25, -0.2) is 4.79 Å². The molecule has 4 heteroatoms. The number of methoxy groups -OCH3 is 1. The molecule has 1 rings (SSSR count). The van der Waals surface area contributed by atoms with Crippen LogP contribution in [-0.4, -0.2) is 19.1 Å². The highest BCUT2D eigenvalue weighted by molar-refractivity contribution is 6.31. The number of rotatable bonds is 4. The molecule has 0 radical (unpaired) electrons. The summed E-state index contributed by atoms with van der Waals surface area (Å²) in [5.74, 6) is -0.359. The summed E-state index contributed by atoms with van der Waals surface area (Å²) >= 11 is 5.90. The summed E-state index contributed by atoms with van der Waals surface area (Å²) in [6.45, 7) is 4.11. The van der Waals surface area contributed by atoms with Crippen molar-refractivity contribution in [1.82, 2.24) is 0 Å². The summed E-state index contributed by atoms with van der Waals surface area (Å²) in [4.78, 5) is 11.5. The summed E-state index contributed by atoms with van der Waals surface area (Å²) < 4.78 is 4.71. The fourth-order valence-corrected chi connectivity index (χ4v) is 1.46. The summed E-state index contributed by atoms with van der Waals surface area (Å²) in [6, 6.07) is 5.36. The van der Waals surface area contributed by atoms with Gasteiger partial charge in [-0.05, 0) is 31.5 Å². The molecule has 1 unspecified atom stereocenters. The normalized spacial score (nSPS) is 12.0. The molecule has 0 heterocycles. The largest absolute Gasteiger partial charge is 0.465 e. The third-order valence-electron chi connectivity index (χ3n) is 2.40. The quantitative estimate of drug-likeness (QED) is 0.822. The Morgan fingerprint density at radius 2 is 2.25 bits per heavy atom. The minimum Gasteiger partial charge on any atom is -0.465 e. The van der Waals surface area contributed by atoms with Gasteiger partial charge < -0.3 is 10.1 Å². The smallest absolute Gasteiger partial charge is 0.339 e. The Kier molecular flexibility index (Phi) is 4.62. The van der Waals surface area contributed by atoms with E-state index < -0.39 is 0 Å². The molecule has 0 aliphatic carbocycles. The molecule has 0 aromatic heterocycles. The van der Waals surface area contributed by atoms with Gasteiger partial charge in [-0.15, -0.1) is 0 Å². The Labute approximate surface area is 101 Å². The number of benzene rings is 1. The fourth-order valence-electron chi connectivity index (χ4n) is 1.29. The zero-order chi connectivity index (χ0) is 12.1. The van der Waals surface area contributed by atoms with Crippen LogP contribution in [0.25, 0.3) is 0 Å². The van der Waals surface area contributed by atoms with Gasteiger partial charge in [0.1, 0.15) is 0 Å². The average molecular weight is 242 g/mol. The topological polar surface area (TPSA) is 38.3 Å². The second-order valence-corrected chi connectivity index (χ2v) is 4.07. The minimum absolute atomic E-state index is 0.280. The molecule has 0 aliphatic rings. The van der Waals surface area contributed by atoms with Gasteiger partial charge in [0, 0.05) is 11.1 Å². The number of carbonyl (C=O) groups is 1. The van der Waals surface area contributed by atoms with Gasteiger partial charge in [-0.3, -0.25) is 0 Å². The summed E-state index contributed by atoms with van der Waals surface area (Å²) in [7, 11) is 1.37. The van der Waals surface area contributed by atoms with Crippen LogP contribution in [0.1, 0.15) is 30.6 Å². The van der Waals surface area contributed by atoms with Crippen molar-refractivity contribution >= 4 is 23.3 Å². The highest BCUT2D eigenvalue weighted by Crippen LogP contribution is 2.22. The third kappa shape index (κ3) is 3.14. The molecule has 0 saturated heterocycles. The first-order valence-electron chi connectivity index (χ1n) is 5.22. The summed E-state index contributed by atoms with van der Waals surface area (Å²) in [5, 5.41) is 3.83. The van der Waals surface area contributed by atoms with Gasteiger partial charge in [0.15, 0.2) is 0 Å². The Morgan fingerprint density at radius 1 is 1.56 bits per heavy atom. The first-order valence-corrected chi connectivity index (χ1v) is 5.60. The van der Waals surface area contributed by atoms with Crippen molar-refractivity contribution in [3.63, 3.8) is 0 Å². The van der Waals surface area contributed by atoms with Crippen LogP contribution in [0.4, 0.5) is 5.69 Å². The molecule has 0 aliphatic heterocycles. The maximum atomic E-state index is 11.5. The molecule has 0 fully saturated rings. The van der Waals surface area contributed by atoms with Crippen LogP contribution >= 0.6 is 11.6 Å². The van der Waals surface area contributed by atoms with Gasteiger partial charge in [-0.1, -0.05) is 18.5 Å². The van der Waals surface area contributed by atoms with Crippen molar-refractivity contribution in [3.05, 3.63) is 28.8 Å². The monoisotopic (exact) mass is 241 g/mol. The molecule has 3 nitrogen and oxygen atoms in total. The first-order chi connectivity index (χ1) is 7.58. The molecule has 0 spiro atoms. The van der Waals surface area contributed by atoms with Gasteiger partial charge in [0.2, 0.25) is 0 Å². The molecule has 88 valence electrons. The molecule has 1 aromatic rings. The van der Waals surface area contributed by atoms with Crippen molar-refractivity contribution in [1.29, 1.82) is 0 Å². The van der Waals surface area contributed by atoms with Crippen LogP contribution < -0.4 is 5.32 Å². The molecular weight excluding hydrogens is 226 g/mol. The molecule has 1 aromatic carbocycles. The second kappa shape index (κ2) is 5.75. The Balaban J connectivity index is 3.03. The maximum absolute atomic E-state index is 11.5. The van der Waals surface area contributed by atoms with E-state index in [0.29, 0.717) is 16.3 Å². The van der Waals surface area contributed by atoms with Gasteiger partial charge in [-0.2, -0.15) is 0 Å². The van der Waals surface area contributed by atoms with E-state index in [1.54, 1.807) is 18.2 Å². The van der Waals surface area contributed by atoms with Crippen LogP contribution in [0.2, 0.25) is 5.02 Å². The molecule has 16 heavy (non-hydrogen) atoms. The minimum atomic E-state index is -0.359. The highest BCUT2D eigenvalue weighted by atomic mass is 35.5. The van der Waals surface area contributed by atoms with Gasteiger partial charge in [0.25, 0.3) is 0 Å². The van der Waals surface area contributed by atoms with Crippen LogP contribution in [0.5, 0.6) is 0 Å². The molecular formula is C12H16ClNO2. The second-order valence-electron chi connectivity index (χ2n) is 3.64. The lowest BCUT2D eigenvalue weighted by Gasteiger charge is -2.16. The standard InChI is InChI=1S/C12H16ClNO2/c1-4-8(2)14-11-7-9(13)5-6-10(11)12(15)16-3/h5-8,14H,4H2,1-3H3. The van der Waals surface area contributed by atoms with Crippen LogP contribution in [0, 0.1) is 0 Å². The maximum Gasteiger partial charge on any atom is 0.339 e. The summed E-state index contributed by atoms with van der Waals surface area (Å²) in [6.07, 6.45) is 0.965. The Hall–Kier alpha value is -1.22. The average Bonchev–Trinajstić information content (AvgIpc) is 2.28. The molecule has 0 amide bonds. The number of esters is 1. The lowest BCUT2D eigenvalue weighted by atomic mass is 10.1. The zero-order valence-electron chi connectivity index (χ0n) is 9.71. The fraction of sp³-hybridized carbons (Fsp3) is 0.417. The van der Waals surface area contributed by atoms with Gasteiger partial charge >= 0.3 is 5.97 Å². The number of carbonyl (C=O) groups excluding carboxylic acids is 1. The first kappa shape index (κ1) is 12.8. The number of hydrogen-bond acceptors (Lipinski definition) is 3. The molecule has 1 atom stereocenters. The van der Waals surface area contributed by atoms with E-state index >= 15 is 0 Å². The number of halogens is 1. The van der Waals surface area contributed by atoms with Crippen LogP contribution in [0.15, 0.2) is 18.2 Å². The van der Waals surface area contributed by atoms with Crippen molar-refractivity contribution < 1.29 is 9.53 Å². The Bertz CT molecular complexity index is 379. The van der Waals surface area contributed by atoms with E-state index in [4.69, 9.17) is 16.3 Å². The van der Waals surface area contributed by atoms with E-state index in [1.807, 2.05) is 6.92 Å². The van der Waals surface area contributed by atoms with Crippen molar-refractivity contribution in [2.24, 2.45) is 0 Å². The number of nitrogens with one attached hydrogen (secondary N) is 1. The molecule has 0 bridgehead atoms. The highest BCUT2D eigenvalue weighted by Gasteiger charge is 2.13. The predicted molar refractivity (Wildman–Crippen MR) is 66.2 cm³/mol. The van der Waals surface area contributed by atoms with E-state index in [9.17, 15) is 4.79 Å². The molecule has 1 N–H and O–H groups in total. The van der Waals surface area contributed by atoms with Gasteiger partial charge in [0.05, 0.1) is 18.4 Å². The van der Waals surface area contributed by atoms with E-state index in [0.717, 1.165) is 6.42 Å². The van der Waals surface area contributed by atoms with Crippen LogP contribution in [0.3, 0.4) is 0 Å². The molecule has 0 saturated carbocycles. The Morgan fingerprint density at radius 3 is 2.81 bits per heavy atom. The lowest BCUT2D eigenvalue weighted by Crippen LogP contribution is -2.16. The lowest BCUT2D eigenvalue weighted by molar-refractivity contribution is 0.0602. The number of hydrogen-bond donors (Lipinski definition) is 1. The zero-order valence-corrected chi connectivity index (χ0v) is 10.5. The number of ether oxygens (including phenoxy) is 1. The SMILES string of the molecule is CCC(C)Nc1cc(Cl)ccc1C(=O)OC. The third-order valence-corrected chi connectivity index (χ3v) is 2.64. The van der Waals surface area contributed by atoms with Crippen molar-refractivity contribution in [2.45, 2.75) is 26.3 Å². The van der Waals surface area contributed by atoms with Crippen LogP contribution in [-0.2, 0) is 4.74 Å².